The summed E-state index contributed by atoms with van der Waals surface area (Å²) in [4.78, 5) is 54.2. The van der Waals surface area contributed by atoms with Crippen LogP contribution in [0.5, 0.6) is 11.5 Å². The van der Waals surface area contributed by atoms with Crippen LogP contribution in [0, 0.1) is 0 Å². The number of hydrogen-bond acceptors (Lipinski definition) is 11. The van der Waals surface area contributed by atoms with Gasteiger partial charge in [-0.05, 0) is 60.7 Å². The Morgan fingerprint density at radius 3 is 1.52 bits per heavy atom. The molecule has 0 spiro atoms. The van der Waals surface area contributed by atoms with Crippen LogP contribution in [-0.4, -0.2) is 52.1 Å². The lowest BCUT2D eigenvalue weighted by molar-refractivity contribution is -0.114. The average molecular weight is 641 g/mol. The predicted octanol–water partition coefficient (Wildman–Crippen LogP) is 6.00. The molecule has 6 N–H and O–H groups in total. The van der Waals surface area contributed by atoms with E-state index in [0.29, 0.717) is 39.4 Å². The number of amides is 5. The minimum Gasteiger partial charge on any atom is -0.497 e. The van der Waals surface area contributed by atoms with E-state index in [2.05, 4.69) is 51.8 Å². The maximum atomic E-state index is 12.8. The van der Waals surface area contributed by atoms with E-state index >= 15 is 0 Å². The highest BCUT2D eigenvalue weighted by Crippen LogP contribution is 2.28. The fourth-order valence-corrected chi connectivity index (χ4v) is 4.62. The molecule has 0 saturated carbocycles. The van der Waals surface area contributed by atoms with Crippen LogP contribution in [0.4, 0.5) is 49.6 Å². The fraction of sp³-hybridized carbons (Fsp3) is 0.100. The Bertz CT molecular complexity index is 1750. The molecule has 234 valence electrons. The maximum Gasteiger partial charge on any atom is 0.326 e. The number of rotatable bonds is 10. The second kappa shape index (κ2) is 14.5. The van der Waals surface area contributed by atoms with Crippen molar-refractivity contribution in [2.45, 2.75) is 6.92 Å². The molecule has 0 aliphatic rings. The molecule has 16 heteroatoms. The number of carbonyl (C=O) groups is 3. The molecule has 46 heavy (non-hydrogen) atoms. The van der Waals surface area contributed by atoms with Gasteiger partial charge in [-0.3, -0.25) is 20.7 Å². The van der Waals surface area contributed by atoms with Crippen molar-refractivity contribution in [2.75, 3.05) is 46.1 Å². The van der Waals surface area contributed by atoms with Gasteiger partial charge in [0.15, 0.2) is 5.13 Å². The molecule has 15 nitrogen and oxygen atoms in total. The second-order valence-corrected chi connectivity index (χ2v) is 10.2. The number of hydrogen-bond donors (Lipinski definition) is 6. The number of carbonyl (C=O) groups excluding carboxylic acids is 3. The molecule has 0 fully saturated rings. The molecule has 0 radical (unpaired) electrons. The van der Waals surface area contributed by atoms with Gasteiger partial charge >= 0.3 is 12.1 Å². The van der Waals surface area contributed by atoms with Gasteiger partial charge in [0.25, 0.3) is 0 Å². The normalized spacial score (nSPS) is 10.3. The van der Waals surface area contributed by atoms with E-state index in [0.717, 1.165) is 5.56 Å². The van der Waals surface area contributed by atoms with E-state index in [9.17, 15) is 14.4 Å². The topological polar surface area (TPSA) is 193 Å². The second-order valence-electron chi connectivity index (χ2n) is 9.34. The van der Waals surface area contributed by atoms with Crippen molar-refractivity contribution in [2.24, 2.45) is 0 Å². The molecule has 2 aromatic heterocycles. The molecule has 0 saturated heterocycles. The van der Waals surface area contributed by atoms with E-state index in [1.807, 2.05) is 17.5 Å². The zero-order valence-electron chi connectivity index (χ0n) is 24.7. The first-order valence-electron chi connectivity index (χ1n) is 13.6. The van der Waals surface area contributed by atoms with Crippen molar-refractivity contribution in [1.29, 1.82) is 0 Å². The molecule has 0 atom stereocenters. The molecule has 0 bridgehead atoms. The summed E-state index contributed by atoms with van der Waals surface area (Å²) in [6.07, 6.45) is 0. The van der Waals surface area contributed by atoms with Gasteiger partial charge in [-0.25, -0.2) is 14.6 Å². The van der Waals surface area contributed by atoms with E-state index in [1.54, 1.807) is 74.9 Å². The number of ether oxygens (including phenoxy) is 2. The Balaban J connectivity index is 1.33. The summed E-state index contributed by atoms with van der Waals surface area (Å²) >= 11 is 1.29. The van der Waals surface area contributed by atoms with Crippen LogP contribution in [0.2, 0.25) is 0 Å². The lowest BCUT2D eigenvalue weighted by Crippen LogP contribution is -2.24. The summed E-state index contributed by atoms with van der Waals surface area (Å²) in [7, 11) is 3.09. The predicted molar refractivity (Wildman–Crippen MR) is 176 cm³/mol. The van der Waals surface area contributed by atoms with Crippen molar-refractivity contribution in [3.63, 3.8) is 0 Å². The lowest BCUT2D eigenvalue weighted by atomic mass is 10.1. The number of methoxy groups -OCH3 is 2. The fourth-order valence-electron chi connectivity index (χ4n) is 3.91. The number of thiazole rings is 1. The van der Waals surface area contributed by atoms with Crippen molar-refractivity contribution in [3.05, 3.63) is 78.2 Å². The summed E-state index contributed by atoms with van der Waals surface area (Å²) in [5, 5.41) is 18.5. The van der Waals surface area contributed by atoms with Crippen LogP contribution < -0.4 is 41.4 Å². The highest BCUT2D eigenvalue weighted by Gasteiger charge is 2.15. The first kappa shape index (κ1) is 31.1. The zero-order valence-corrected chi connectivity index (χ0v) is 25.6. The summed E-state index contributed by atoms with van der Waals surface area (Å²) < 4.78 is 10.3. The summed E-state index contributed by atoms with van der Waals surface area (Å²) in [6.45, 7) is 1.44. The van der Waals surface area contributed by atoms with Crippen molar-refractivity contribution in [3.8, 4) is 22.8 Å². The van der Waals surface area contributed by atoms with E-state index in [-0.39, 0.29) is 23.8 Å². The quantitative estimate of drug-likeness (QED) is 0.105. The summed E-state index contributed by atoms with van der Waals surface area (Å²) in [5.74, 6) is 0.827. The molecule has 0 unspecified atom stereocenters. The van der Waals surface area contributed by atoms with E-state index < -0.39 is 12.1 Å². The molecule has 0 aliphatic carbocycles. The highest BCUT2D eigenvalue weighted by atomic mass is 32.1. The minimum atomic E-state index is -0.629. The van der Waals surface area contributed by atoms with E-state index in [1.165, 1.54) is 18.3 Å². The standard InChI is InChI=1S/C30H28N10O5S/c1-17(41)31-19-6-4-18(5-7-19)24-16-46-30(34-24)40-27-36-25(38-28(42)32-20-8-12-22(44-2)13-9-20)35-26(37-27)39-29(43)33-21-10-14-23(45-3)15-11-21/h4-16H,1-3H3,(H,31,41)(H5,32,33,34,35,36,37,38,39,40,42,43). The first-order chi connectivity index (χ1) is 22.3. The number of aromatic nitrogens is 4. The third-order valence-corrected chi connectivity index (χ3v) is 6.76. The Kier molecular flexibility index (Phi) is 9.79. The summed E-state index contributed by atoms with van der Waals surface area (Å²) in [6, 6.07) is 19.4. The average Bonchev–Trinajstić information content (AvgIpc) is 3.50. The monoisotopic (exact) mass is 640 g/mol. The zero-order chi connectivity index (χ0) is 32.5. The molecular weight excluding hydrogens is 612 g/mol. The van der Waals surface area contributed by atoms with Gasteiger partial charge in [-0.2, -0.15) is 15.0 Å². The Labute approximate surface area is 266 Å². The van der Waals surface area contributed by atoms with Gasteiger partial charge in [-0.1, -0.05) is 12.1 Å². The number of urea groups is 2. The Morgan fingerprint density at radius 2 is 1.04 bits per heavy atom. The van der Waals surface area contributed by atoms with Crippen molar-refractivity contribution in [1.82, 2.24) is 19.9 Å². The van der Waals surface area contributed by atoms with Gasteiger partial charge in [0, 0.05) is 34.9 Å². The van der Waals surface area contributed by atoms with E-state index in [4.69, 9.17) is 9.47 Å². The van der Waals surface area contributed by atoms with Crippen LogP contribution in [-0.2, 0) is 4.79 Å². The maximum absolute atomic E-state index is 12.8. The van der Waals surface area contributed by atoms with Gasteiger partial charge in [-0.15, -0.1) is 11.3 Å². The molecule has 0 aliphatic heterocycles. The van der Waals surface area contributed by atoms with Gasteiger partial charge < -0.3 is 25.4 Å². The Morgan fingerprint density at radius 1 is 0.587 bits per heavy atom. The van der Waals surface area contributed by atoms with Crippen LogP contribution in [0.15, 0.2) is 78.2 Å². The molecule has 5 amide bonds. The number of nitrogens with zero attached hydrogens (tertiary/aromatic N) is 4. The molecule has 5 rings (SSSR count). The van der Waals surface area contributed by atoms with Crippen molar-refractivity contribution < 1.29 is 23.9 Å². The minimum absolute atomic E-state index is 0.0106. The molecule has 3 aromatic carbocycles. The van der Waals surface area contributed by atoms with Gasteiger partial charge in [0.05, 0.1) is 19.9 Å². The smallest absolute Gasteiger partial charge is 0.326 e. The van der Waals surface area contributed by atoms with Crippen LogP contribution in [0.25, 0.3) is 11.3 Å². The summed E-state index contributed by atoms with van der Waals surface area (Å²) in [5.41, 5.74) is 3.17. The third kappa shape index (κ3) is 8.64. The number of anilines is 7. The first-order valence-corrected chi connectivity index (χ1v) is 14.4. The SMILES string of the molecule is COc1ccc(NC(=O)Nc2nc(NC(=O)Nc3ccc(OC)cc3)nc(Nc3nc(-c4ccc(NC(C)=O)cc4)cs3)n2)cc1. The largest absolute Gasteiger partial charge is 0.497 e. The van der Waals surface area contributed by atoms with Gasteiger partial charge in [0.2, 0.25) is 23.8 Å². The molecule has 5 aromatic rings. The molecular formula is C30H28N10O5S. The number of benzene rings is 3. The molecule has 2 heterocycles. The number of nitrogens with one attached hydrogen (secondary N) is 6. The third-order valence-electron chi connectivity index (χ3n) is 6.01. The van der Waals surface area contributed by atoms with Crippen LogP contribution in [0.1, 0.15) is 6.92 Å². The highest BCUT2D eigenvalue weighted by molar-refractivity contribution is 7.14. The van der Waals surface area contributed by atoms with Crippen molar-refractivity contribution >= 4 is 69.3 Å². The van der Waals surface area contributed by atoms with Gasteiger partial charge in [0.1, 0.15) is 11.5 Å². The van der Waals surface area contributed by atoms with Crippen LogP contribution in [0.3, 0.4) is 0 Å². The van der Waals surface area contributed by atoms with Crippen LogP contribution >= 0.6 is 11.3 Å². The Hall–Kier alpha value is -6.29. The lowest BCUT2D eigenvalue weighted by Gasteiger charge is -2.11.